The monoisotopic (exact) mass is 263 g/mol. The average Bonchev–Trinajstić information content (AvgIpc) is 2.85. The minimum Gasteiger partial charge on any atom is -0.342 e. The van der Waals surface area contributed by atoms with Crippen LogP contribution >= 0.6 is 0 Å². The summed E-state index contributed by atoms with van der Waals surface area (Å²) in [6.45, 7) is 8.02. The highest BCUT2D eigenvalue weighted by Crippen LogP contribution is 2.19. The molecule has 5 heteroatoms. The molecule has 106 valence electrons. The van der Waals surface area contributed by atoms with Gasteiger partial charge in [0.25, 0.3) is 0 Å². The van der Waals surface area contributed by atoms with E-state index in [1.165, 1.54) is 19.4 Å². The Hall–Kier alpha value is -1.20. The van der Waals surface area contributed by atoms with Gasteiger partial charge in [-0.1, -0.05) is 6.92 Å². The molecule has 1 aliphatic rings. The Labute approximate surface area is 115 Å². The minimum atomic E-state index is 0.467. The van der Waals surface area contributed by atoms with E-state index in [-0.39, 0.29) is 0 Å². The van der Waals surface area contributed by atoms with E-state index in [1.54, 1.807) is 0 Å². The van der Waals surface area contributed by atoms with Crippen molar-refractivity contribution in [1.82, 2.24) is 14.9 Å². The van der Waals surface area contributed by atoms with E-state index in [2.05, 4.69) is 33.7 Å². The molecule has 1 fully saturated rings. The molecule has 0 bridgehead atoms. The van der Waals surface area contributed by atoms with Gasteiger partial charge >= 0.3 is 0 Å². The van der Waals surface area contributed by atoms with E-state index < -0.39 is 0 Å². The van der Waals surface area contributed by atoms with Gasteiger partial charge in [-0.2, -0.15) is 0 Å². The first-order valence-electron chi connectivity index (χ1n) is 7.13. The zero-order valence-electron chi connectivity index (χ0n) is 12.3. The normalized spacial score (nSPS) is 19.9. The zero-order valence-corrected chi connectivity index (χ0v) is 12.3. The summed E-state index contributed by atoms with van der Waals surface area (Å²) in [5, 5.41) is 0. The Morgan fingerprint density at radius 2 is 2.26 bits per heavy atom. The van der Waals surface area contributed by atoms with E-state index in [0.717, 1.165) is 30.4 Å². The number of rotatable bonds is 5. The molecule has 1 aliphatic heterocycles. The first-order chi connectivity index (χ1) is 9.13. The summed E-state index contributed by atoms with van der Waals surface area (Å²) in [5.74, 6) is 0.795. The van der Waals surface area contributed by atoms with Gasteiger partial charge in [0, 0.05) is 31.9 Å². The van der Waals surface area contributed by atoms with Gasteiger partial charge < -0.3 is 10.6 Å². The van der Waals surface area contributed by atoms with Crippen molar-refractivity contribution >= 4 is 5.95 Å². The van der Waals surface area contributed by atoms with Crippen molar-refractivity contribution in [1.29, 1.82) is 0 Å². The van der Waals surface area contributed by atoms with Crippen molar-refractivity contribution in [3.63, 3.8) is 0 Å². The van der Waals surface area contributed by atoms with Crippen LogP contribution in [0.4, 0.5) is 5.95 Å². The molecule has 1 aromatic rings. The maximum absolute atomic E-state index is 5.68. The molecule has 0 amide bonds. The van der Waals surface area contributed by atoms with E-state index >= 15 is 0 Å². The molecule has 2 N–H and O–H groups in total. The Morgan fingerprint density at radius 3 is 2.95 bits per heavy atom. The van der Waals surface area contributed by atoms with Crippen molar-refractivity contribution < 1.29 is 0 Å². The molecule has 1 unspecified atom stereocenters. The molecule has 0 saturated carbocycles. The third kappa shape index (κ3) is 3.42. The molecule has 2 rings (SSSR count). The molecular formula is C14H25N5. The second-order valence-corrected chi connectivity index (χ2v) is 5.31. The predicted octanol–water partition coefficient (Wildman–Crippen LogP) is 1.16. The first-order valence-corrected chi connectivity index (χ1v) is 7.13. The highest BCUT2D eigenvalue weighted by Gasteiger charge is 2.24. The number of nitrogens with zero attached hydrogens (tertiary/aromatic N) is 4. The van der Waals surface area contributed by atoms with Crippen LogP contribution in [0.2, 0.25) is 0 Å². The molecule has 19 heavy (non-hydrogen) atoms. The fourth-order valence-corrected chi connectivity index (χ4v) is 2.81. The Bertz CT molecular complexity index is 420. The summed E-state index contributed by atoms with van der Waals surface area (Å²) in [6.07, 6.45) is 2.57. The van der Waals surface area contributed by atoms with Gasteiger partial charge in [-0.05, 0) is 38.9 Å². The number of aromatic nitrogens is 2. The van der Waals surface area contributed by atoms with Crippen molar-refractivity contribution in [2.75, 3.05) is 31.6 Å². The highest BCUT2D eigenvalue weighted by molar-refractivity contribution is 5.31. The number of nitrogens with two attached hydrogens (primary N) is 1. The summed E-state index contributed by atoms with van der Waals surface area (Å²) >= 11 is 0. The summed E-state index contributed by atoms with van der Waals surface area (Å²) in [4.78, 5) is 13.7. The zero-order chi connectivity index (χ0) is 13.8. The standard InChI is InChI=1S/C14H25N5/c1-4-19-7-5-6-13(19)10-18(3)14-16-11(2)8-12(9-15)17-14/h8,13H,4-7,9-10,15H2,1-3H3. The summed E-state index contributed by atoms with van der Waals surface area (Å²) in [6, 6.07) is 2.58. The smallest absolute Gasteiger partial charge is 0.225 e. The lowest BCUT2D eigenvalue weighted by molar-refractivity contribution is 0.270. The van der Waals surface area contributed by atoms with Crippen LogP contribution in [0.5, 0.6) is 0 Å². The second-order valence-electron chi connectivity index (χ2n) is 5.31. The molecule has 5 nitrogen and oxygen atoms in total. The fourth-order valence-electron chi connectivity index (χ4n) is 2.81. The number of anilines is 1. The topological polar surface area (TPSA) is 58.3 Å². The lowest BCUT2D eigenvalue weighted by Crippen LogP contribution is -2.39. The van der Waals surface area contributed by atoms with Crippen LogP contribution < -0.4 is 10.6 Å². The van der Waals surface area contributed by atoms with Gasteiger partial charge in [0.2, 0.25) is 5.95 Å². The summed E-state index contributed by atoms with van der Waals surface area (Å²) in [5.41, 5.74) is 7.57. The van der Waals surface area contributed by atoms with Crippen molar-refractivity contribution in [3.05, 3.63) is 17.5 Å². The van der Waals surface area contributed by atoms with Gasteiger partial charge in [0.1, 0.15) is 0 Å². The molecule has 2 heterocycles. The lowest BCUT2D eigenvalue weighted by atomic mass is 10.2. The first kappa shape index (κ1) is 14.2. The number of likely N-dealkylation sites (N-methyl/N-ethyl adjacent to an activating group) is 2. The van der Waals surface area contributed by atoms with Crippen molar-refractivity contribution in [2.45, 2.75) is 39.3 Å². The number of likely N-dealkylation sites (tertiary alicyclic amines) is 1. The average molecular weight is 263 g/mol. The third-order valence-corrected chi connectivity index (χ3v) is 3.84. The van der Waals surface area contributed by atoms with Crippen molar-refractivity contribution in [3.8, 4) is 0 Å². The van der Waals surface area contributed by atoms with E-state index in [4.69, 9.17) is 5.73 Å². The van der Waals surface area contributed by atoms with Gasteiger partial charge in [-0.3, -0.25) is 4.90 Å². The molecule has 1 aromatic heterocycles. The maximum Gasteiger partial charge on any atom is 0.225 e. The van der Waals surface area contributed by atoms with E-state index in [9.17, 15) is 0 Å². The SMILES string of the molecule is CCN1CCCC1CN(C)c1nc(C)cc(CN)n1. The molecule has 0 aliphatic carbocycles. The van der Waals surface area contributed by atoms with Gasteiger partial charge in [0.15, 0.2) is 0 Å². The van der Waals surface area contributed by atoms with Crippen molar-refractivity contribution in [2.24, 2.45) is 5.73 Å². The molecule has 0 spiro atoms. The molecular weight excluding hydrogens is 238 g/mol. The van der Waals surface area contributed by atoms with E-state index in [1.807, 2.05) is 13.0 Å². The van der Waals surface area contributed by atoms with Crippen LogP contribution in [0.3, 0.4) is 0 Å². The number of hydrogen-bond donors (Lipinski definition) is 1. The Morgan fingerprint density at radius 1 is 1.47 bits per heavy atom. The van der Waals surface area contributed by atoms with Crippen LogP contribution in [0.15, 0.2) is 6.07 Å². The highest BCUT2D eigenvalue weighted by atomic mass is 15.3. The molecule has 0 radical (unpaired) electrons. The summed E-state index contributed by atoms with van der Waals surface area (Å²) < 4.78 is 0. The third-order valence-electron chi connectivity index (χ3n) is 3.84. The molecule has 0 aromatic carbocycles. The van der Waals surface area contributed by atoms with Gasteiger partial charge in [-0.15, -0.1) is 0 Å². The summed E-state index contributed by atoms with van der Waals surface area (Å²) in [7, 11) is 2.07. The van der Waals surface area contributed by atoms with Crippen LogP contribution in [-0.4, -0.2) is 47.6 Å². The Kier molecular flexibility index (Phi) is 4.71. The molecule has 1 saturated heterocycles. The maximum atomic E-state index is 5.68. The van der Waals surface area contributed by atoms with Gasteiger partial charge in [-0.25, -0.2) is 9.97 Å². The largest absolute Gasteiger partial charge is 0.342 e. The predicted molar refractivity (Wildman–Crippen MR) is 78.2 cm³/mol. The molecule has 1 atom stereocenters. The van der Waals surface area contributed by atoms with Gasteiger partial charge in [0.05, 0.1) is 5.69 Å². The van der Waals surface area contributed by atoms with Crippen LogP contribution in [0, 0.1) is 6.92 Å². The Balaban J connectivity index is 2.06. The number of aryl methyl sites for hydroxylation is 1. The quantitative estimate of drug-likeness (QED) is 0.864. The van der Waals surface area contributed by atoms with Crippen LogP contribution in [0.25, 0.3) is 0 Å². The second kappa shape index (κ2) is 6.30. The fraction of sp³-hybridized carbons (Fsp3) is 0.714. The van der Waals surface area contributed by atoms with E-state index in [0.29, 0.717) is 12.6 Å². The van der Waals surface area contributed by atoms with Crippen LogP contribution in [-0.2, 0) is 6.54 Å². The minimum absolute atomic E-state index is 0.467. The van der Waals surface area contributed by atoms with Crippen LogP contribution in [0.1, 0.15) is 31.2 Å². The lowest BCUT2D eigenvalue weighted by Gasteiger charge is -2.28. The number of hydrogen-bond acceptors (Lipinski definition) is 5.